The number of nitro benzene ring substituents is 1. The van der Waals surface area contributed by atoms with Gasteiger partial charge in [-0.15, -0.1) is 0 Å². The van der Waals surface area contributed by atoms with Crippen molar-refractivity contribution >= 4 is 32.0 Å². The highest BCUT2D eigenvalue weighted by Gasteiger charge is 2.07. The second-order valence-corrected chi connectivity index (χ2v) is 8.54. The van der Waals surface area contributed by atoms with E-state index < -0.39 is 25.2 Å². The van der Waals surface area contributed by atoms with E-state index in [4.69, 9.17) is 0 Å². The van der Waals surface area contributed by atoms with Crippen LogP contribution in [0.2, 0.25) is 0 Å². The number of non-ortho nitro benzene ring substituents is 1. The Balaban J connectivity index is 2.73. The van der Waals surface area contributed by atoms with Crippen molar-refractivity contribution < 1.29 is 30.1 Å². The SMILES string of the molecule is CS(=O)(=O)OCCN(C=Cc1ccc([N+](=O)[O-])cc1)CCOS(C)(=O)=O. The largest absolute Gasteiger partial charge is 0.373 e. The molecule has 0 aliphatic rings. The van der Waals surface area contributed by atoms with Crippen LogP contribution in [0.25, 0.3) is 6.08 Å². The van der Waals surface area contributed by atoms with Crippen LogP contribution in [0.4, 0.5) is 5.69 Å². The Kier molecular flexibility index (Phi) is 8.14. The average molecular weight is 408 g/mol. The summed E-state index contributed by atoms with van der Waals surface area (Å²) in [5, 5.41) is 10.6. The van der Waals surface area contributed by atoms with Crippen LogP contribution in [-0.2, 0) is 28.6 Å². The maximum atomic E-state index is 11.0. The Hall–Kier alpha value is -2.02. The molecular formula is C14H20N2O8S2. The number of hydrogen-bond donors (Lipinski definition) is 0. The molecule has 0 unspecified atom stereocenters. The number of hydrogen-bond acceptors (Lipinski definition) is 9. The number of nitro groups is 1. The fourth-order valence-electron chi connectivity index (χ4n) is 1.77. The van der Waals surface area contributed by atoms with Gasteiger partial charge in [0.1, 0.15) is 0 Å². The molecule has 10 nitrogen and oxygen atoms in total. The Labute approximate surface area is 152 Å². The van der Waals surface area contributed by atoms with Gasteiger partial charge in [-0.05, 0) is 30.0 Å². The fraction of sp³-hybridized carbons (Fsp3) is 0.429. The van der Waals surface area contributed by atoms with Crippen molar-refractivity contribution in [2.45, 2.75) is 0 Å². The van der Waals surface area contributed by atoms with Crippen LogP contribution in [0.1, 0.15) is 5.56 Å². The lowest BCUT2D eigenvalue weighted by Gasteiger charge is -2.19. The molecule has 0 saturated carbocycles. The zero-order valence-electron chi connectivity index (χ0n) is 14.3. The Morgan fingerprint density at radius 1 is 1.00 bits per heavy atom. The van der Waals surface area contributed by atoms with Gasteiger partial charge in [0.15, 0.2) is 0 Å². The zero-order chi connectivity index (χ0) is 19.8. The van der Waals surface area contributed by atoms with Crippen LogP contribution < -0.4 is 0 Å². The molecule has 1 aromatic carbocycles. The standard InChI is InChI=1S/C14H20N2O8S2/c1-25(19,20)23-11-9-15(10-12-24-26(2,21)22)8-7-13-3-5-14(6-4-13)16(17)18/h3-8H,9-12H2,1-2H3. The summed E-state index contributed by atoms with van der Waals surface area (Å²) in [7, 11) is -7.17. The minimum Gasteiger partial charge on any atom is -0.373 e. The predicted octanol–water partition coefficient (Wildman–Crippen LogP) is 0.820. The lowest BCUT2D eigenvalue weighted by molar-refractivity contribution is -0.384. The molecule has 1 aromatic rings. The van der Waals surface area contributed by atoms with Crippen LogP contribution in [0, 0.1) is 10.1 Å². The fourth-order valence-corrected chi connectivity index (χ4v) is 2.53. The molecule has 0 atom stereocenters. The zero-order valence-corrected chi connectivity index (χ0v) is 15.9. The molecule has 146 valence electrons. The summed E-state index contributed by atoms with van der Waals surface area (Å²) >= 11 is 0. The summed E-state index contributed by atoms with van der Waals surface area (Å²) in [4.78, 5) is 11.7. The first-order valence-corrected chi connectivity index (χ1v) is 10.9. The molecular weight excluding hydrogens is 388 g/mol. The van der Waals surface area contributed by atoms with Gasteiger partial charge >= 0.3 is 0 Å². The van der Waals surface area contributed by atoms with Gasteiger partial charge in [-0.1, -0.05) is 0 Å². The van der Waals surface area contributed by atoms with Gasteiger partial charge in [-0.3, -0.25) is 18.5 Å². The van der Waals surface area contributed by atoms with Crippen molar-refractivity contribution in [3.63, 3.8) is 0 Å². The second kappa shape index (κ2) is 9.62. The lowest BCUT2D eigenvalue weighted by atomic mass is 10.2. The molecule has 0 aliphatic carbocycles. The van der Waals surface area contributed by atoms with E-state index in [0.29, 0.717) is 5.56 Å². The van der Waals surface area contributed by atoms with E-state index in [1.165, 1.54) is 12.1 Å². The first-order chi connectivity index (χ1) is 12.0. The molecule has 12 heteroatoms. The highest BCUT2D eigenvalue weighted by Crippen LogP contribution is 2.13. The molecule has 0 fully saturated rings. The van der Waals surface area contributed by atoms with Crippen LogP contribution in [0.3, 0.4) is 0 Å². The Morgan fingerprint density at radius 2 is 1.46 bits per heavy atom. The summed E-state index contributed by atoms with van der Waals surface area (Å²) in [5.41, 5.74) is 0.635. The molecule has 0 amide bonds. The third-order valence-corrected chi connectivity index (χ3v) is 4.12. The van der Waals surface area contributed by atoms with E-state index in [2.05, 4.69) is 8.37 Å². The normalized spacial score (nSPS) is 12.4. The van der Waals surface area contributed by atoms with Crippen molar-refractivity contribution in [3.8, 4) is 0 Å². The molecule has 0 bridgehead atoms. The molecule has 0 radical (unpaired) electrons. The van der Waals surface area contributed by atoms with Crippen LogP contribution >= 0.6 is 0 Å². The van der Waals surface area contributed by atoms with Crippen molar-refractivity contribution in [2.75, 3.05) is 38.8 Å². The maximum Gasteiger partial charge on any atom is 0.269 e. The molecule has 0 saturated heterocycles. The topological polar surface area (TPSA) is 133 Å². The van der Waals surface area contributed by atoms with Gasteiger partial charge < -0.3 is 4.90 Å². The summed E-state index contributed by atoms with van der Waals surface area (Å²) in [6.45, 7) is 0.0952. The second-order valence-electron chi connectivity index (χ2n) is 5.25. The Bertz CT molecular complexity index is 794. The van der Waals surface area contributed by atoms with Crippen LogP contribution in [-0.4, -0.2) is 65.5 Å². The summed E-state index contributed by atoms with van der Waals surface area (Å²) in [6.07, 6.45) is 5.09. The first-order valence-electron chi connectivity index (χ1n) is 7.32. The van der Waals surface area contributed by atoms with Gasteiger partial charge in [-0.25, -0.2) is 0 Å². The molecule has 0 N–H and O–H groups in total. The highest BCUT2D eigenvalue weighted by molar-refractivity contribution is 7.86. The van der Waals surface area contributed by atoms with Gasteiger partial charge in [0, 0.05) is 25.2 Å². The number of benzene rings is 1. The quantitative estimate of drug-likeness (QED) is 0.296. The van der Waals surface area contributed by atoms with E-state index in [0.717, 1.165) is 12.5 Å². The number of nitrogens with zero attached hydrogens (tertiary/aromatic N) is 2. The van der Waals surface area contributed by atoms with E-state index >= 15 is 0 Å². The maximum absolute atomic E-state index is 11.0. The molecule has 0 spiro atoms. The third kappa shape index (κ3) is 10.1. The smallest absolute Gasteiger partial charge is 0.269 e. The lowest BCUT2D eigenvalue weighted by Crippen LogP contribution is -2.27. The predicted molar refractivity (Wildman–Crippen MR) is 95.3 cm³/mol. The summed E-state index contributed by atoms with van der Waals surface area (Å²) in [5.74, 6) is 0. The van der Waals surface area contributed by atoms with Gasteiger partial charge in [0.25, 0.3) is 25.9 Å². The van der Waals surface area contributed by atoms with Gasteiger partial charge in [0.05, 0.1) is 30.6 Å². The summed E-state index contributed by atoms with van der Waals surface area (Å²) < 4.78 is 53.4. The van der Waals surface area contributed by atoms with Crippen molar-refractivity contribution in [1.82, 2.24) is 4.90 Å². The minimum atomic E-state index is -3.59. The Morgan fingerprint density at radius 3 is 1.85 bits per heavy atom. The third-order valence-electron chi connectivity index (χ3n) is 2.93. The van der Waals surface area contributed by atoms with Crippen molar-refractivity contribution in [1.29, 1.82) is 0 Å². The summed E-state index contributed by atoms with van der Waals surface area (Å²) in [6, 6.07) is 5.80. The van der Waals surface area contributed by atoms with Crippen LogP contribution in [0.5, 0.6) is 0 Å². The number of rotatable bonds is 11. The molecule has 0 heterocycles. The monoisotopic (exact) mass is 408 g/mol. The van der Waals surface area contributed by atoms with Gasteiger partial charge in [-0.2, -0.15) is 16.8 Å². The minimum absolute atomic E-state index is 0.0397. The molecule has 0 aliphatic heterocycles. The first kappa shape index (κ1) is 22.0. The van der Waals surface area contributed by atoms with Crippen molar-refractivity contribution in [2.24, 2.45) is 0 Å². The van der Waals surface area contributed by atoms with E-state index in [1.54, 1.807) is 29.3 Å². The van der Waals surface area contributed by atoms with E-state index in [9.17, 15) is 26.9 Å². The van der Waals surface area contributed by atoms with Gasteiger partial charge in [0.2, 0.25) is 0 Å². The average Bonchev–Trinajstić information content (AvgIpc) is 2.50. The molecule has 0 aromatic heterocycles. The van der Waals surface area contributed by atoms with Crippen LogP contribution in [0.15, 0.2) is 30.5 Å². The van der Waals surface area contributed by atoms with E-state index in [-0.39, 0.29) is 32.0 Å². The molecule has 26 heavy (non-hydrogen) atoms. The van der Waals surface area contributed by atoms with E-state index in [1.807, 2.05) is 0 Å². The highest BCUT2D eigenvalue weighted by atomic mass is 32.2. The molecule has 1 rings (SSSR count). The van der Waals surface area contributed by atoms with Crippen molar-refractivity contribution in [3.05, 3.63) is 46.1 Å².